The maximum absolute atomic E-state index is 3.75. The maximum Gasteiger partial charge on any atom is 0.0714 e. The molecular formula is C61H42N2. The second-order valence-electron chi connectivity index (χ2n) is 16.6. The van der Waals surface area contributed by atoms with Crippen LogP contribution < -0.4 is 5.32 Å². The molecule has 1 heterocycles. The van der Waals surface area contributed by atoms with Gasteiger partial charge in [-0.05, 0) is 121 Å². The van der Waals surface area contributed by atoms with Gasteiger partial charge in [0.25, 0.3) is 0 Å². The van der Waals surface area contributed by atoms with Gasteiger partial charge in [0, 0.05) is 27.8 Å². The minimum atomic E-state index is -0.425. The molecule has 1 aromatic heterocycles. The molecule has 12 rings (SSSR count). The zero-order valence-electron chi connectivity index (χ0n) is 34.6. The van der Waals surface area contributed by atoms with Crippen molar-refractivity contribution in [2.75, 3.05) is 5.32 Å². The summed E-state index contributed by atoms with van der Waals surface area (Å²) < 4.78 is 2.36. The van der Waals surface area contributed by atoms with Gasteiger partial charge < -0.3 is 9.88 Å². The first kappa shape index (κ1) is 36.6. The van der Waals surface area contributed by atoms with E-state index in [0.717, 1.165) is 11.4 Å². The van der Waals surface area contributed by atoms with Crippen molar-refractivity contribution >= 4 is 33.2 Å². The SMILES string of the molecule is c1ccc(-n2c3ccccc3c3cc(-c4ccc(-c5ccc(-c6ccc(Nc7ccc8c(c7)C(c7ccccc7)(c7ccccc7)c7ccccc7-8)cc6)cc5)cc4)ccc32)cc1. The minimum absolute atomic E-state index is 0.425. The maximum atomic E-state index is 3.75. The predicted octanol–water partition coefficient (Wildman–Crippen LogP) is 15.9. The average Bonchev–Trinajstić information content (AvgIpc) is 3.85. The topological polar surface area (TPSA) is 17.0 Å². The third kappa shape index (κ3) is 6.10. The second kappa shape index (κ2) is 15.1. The molecule has 0 unspecified atom stereocenters. The average molecular weight is 803 g/mol. The highest BCUT2D eigenvalue weighted by Gasteiger charge is 2.46. The van der Waals surface area contributed by atoms with E-state index in [9.17, 15) is 0 Å². The predicted molar refractivity (Wildman–Crippen MR) is 264 cm³/mol. The summed E-state index contributed by atoms with van der Waals surface area (Å²) in [5.74, 6) is 0. The quantitative estimate of drug-likeness (QED) is 0.162. The molecular weight excluding hydrogens is 761 g/mol. The van der Waals surface area contributed by atoms with Gasteiger partial charge in [0.05, 0.1) is 16.4 Å². The van der Waals surface area contributed by atoms with E-state index in [-0.39, 0.29) is 0 Å². The molecule has 0 saturated heterocycles. The van der Waals surface area contributed by atoms with Gasteiger partial charge in [-0.15, -0.1) is 0 Å². The van der Waals surface area contributed by atoms with E-state index in [1.54, 1.807) is 0 Å². The van der Waals surface area contributed by atoms with Crippen LogP contribution in [-0.4, -0.2) is 4.57 Å². The second-order valence-corrected chi connectivity index (χ2v) is 16.6. The number of fused-ring (bicyclic) bond motifs is 6. The molecule has 63 heavy (non-hydrogen) atoms. The molecule has 0 spiro atoms. The number of nitrogens with zero attached hydrogens (tertiary/aromatic N) is 1. The van der Waals surface area contributed by atoms with E-state index in [2.05, 4.69) is 259 Å². The molecule has 1 aliphatic rings. The van der Waals surface area contributed by atoms with Crippen LogP contribution in [0.1, 0.15) is 22.3 Å². The van der Waals surface area contributed by atoms with Gasteiger partial charge in [-0.2, -0.15) is 0 Å². The lowest BCUT2D eigenvalue weighted by Crippen LogP contribution is -2.28. The highest BCUT2D eigenvalue weighted by Crippen LogP contribution is 2.56. The van der Waals surface area contributed by atoms with Gasteiger partial charge >= 0.3 is 0 Å². The summed E-state index contributed by atoms with van der Waals surface area (Å²) in [7, 11) is 0. The minimum Gasteiger partial charge on any atom is -0.356 e. The summed E-state index contributed by atoms with van der Waals surface area (Å²) >= 11 is 0. The fourth-order valence-corrected chi connectivity index (χ4v) is 10.2. The van der Waals surface area contributed by atoms with Crippen molar-refractivity contribution in [1.82, 2.24) is 4.57 Å². The first-order chi connectivity index (χ1) is 31.2. The fraction of sp³-hybridized carbons (Fsp3) is 0.0164. The number of aromatic nitrogens is 1. The standard InChI is InChI=1S/C61H42N2/c1-4-14-48(15-5-1)61(49-16-6-2-7-17-49)57-22-12-10-20-53(57)54-38-37-51(41-58(54)61)62-50-35-32-45(33-36-50)44-26-24-42(25-27-44)43-28-30-46(31-29-43)47-34-39-60-56(40-47)55-21-11-13-23-59(55)63(60)52-18-8-3-9-19-52/h1-41,62H. The van der Waals surface area contributed by atoms with E-state index < -0.39 is 5.41 Å². The van der Waals surface area contributed by atoms with Crippen LogP contribution in [0.25, 0.3) is 72.0 Å². The molecule has 0 amide bonds. The van der Waals surface area contributed by atoms with Gasteiger partial charge in [0.1, 0.15) is 0 Å². The Morgan fingerprint density at radius 1 is 0.302 bits per heavy atom. The molecule has 11 aromatic rings. The Morgan fingerprint density at radius 2 is 0.762 bits per heavy atom. The molecule has 296 valence electrons. The Hall–Kier alpha value is -8.20. The van der Waals surface area contributed by atoms with Crippen LogP contribution in [0.4, 0.5) is 11.4 Å². The van der Waals surface area contributed by atoms with E-state index in [0.29, 0.717) is 0 Å². The zero-order valence-corrected chi connectivity index (χ0v) is 34.6. The van der Waals surface area contributed by atoms with Gasteiger partial charge in [-0.1, -0.05) is 194 Å². The Balaban J connectivity index is 0.792. The Kier molecular flexibility index (Phi) is 8.76. The highest BCUT2D eigenvalue weighted by molar-refractivity contribution is 6.10. The normalized spacial score (nSPS) is 12.6. The van der Waals surface area contributed by atoms with Crippen molar-refractivity contribution < 1.29 is 0 Å². The van der Waals surface area contributed by atoms with Crippen LogP contribution in [0, 0.1) is 0 Å². The van der Waals surface area contributed by atoms with E-state index >= 15 is 0 Å². The Bertz CT molecular complexity index is 3380. The van der Waals surface area contributed by atoms with Crippen molar-refractivity contribution in [2.24, 2.45) is 0 Å². The molecule has 0 radical (unpaired) electrons. The largest absolute Gasteiger partial charge is 0.356 e. The van der Waals surface area contributed by atoms with Crippen molar-refractivity contribution in [1.29, 1.82) is 0 Å². The molecule has 1 aliphatic carbocycles. The lowest BCUT2D eigenvalue weighted by molar-refractivity contribution is 0.769. The van der Waals surface area contributed by atoms with Crippen LogP contribution in [0.2, 0.25) is 0 Å². The van der Waals surface area contributed by atoms with Crippen molar-refractivity contribution in [3.05, 3.63) is 271 Å². The number of benzene rings is 10. The third-order valence-electron chi connectivity index (χ3n) is 13.1. The number of hydrogen-bond acceptors (Lipinski definition) is 1. The van der Waals surface area contributed by atoms with E-state index in [4.69, 9.17) is 0 Å². The summed E-state index contributed by atoms with van der Waals surface area (Å²) in [5.41, 5.74) is 20.2. The zero-order chi connectivity index (χ0) is 41.7. The number of hydrogen-bond donors (Lipinski definition) is 1. The summed E-state index contributed by atoms with van der Waals surface area (Å²) in [6, 6.07) is 90.6. The summed E-state index contributed by atoms with van der Waals surface area (Å²) in [5, 5.41) is 6.28. The lowest BCUT2D eigenvalue weighted by atomic mass is 9.67. The van der Waals surface area contributed by atoms with Crippen LogP contribution in [0.3, 0.4) is 0 Å². The summed E-state index contributed by atoms with van der Waals surface area (Å²) in [6.45, 7) is 0. The third-order valence-corrected chi connectivity index (χ3v) is 13.1. The van der Waals surface area contributed by atoms with Crippen LogP contribution in [-0.2, 0) is 5.41 Å². The van der Waals surface area contributed by atoms with Crippen molar-refractivity contribution in [3.8, 4) is 50.2 Å². The summed E-state index contributed by atoms with van der Waals surface area (Å²) in [6.07, 6.45) is 0. The monoisotopic (exact) mass is 802 g/mol. The first-order valence-electron chi connectivity index (χ1n) is 21.7. The first-order valence-corrected chi connectivity index (χ1v) is 21.7. The fourth-order valence-electron chi connectivity index (χ4n) is 10.2. The van der Waals surface area contributed by atoms with Crippen molar-refractivity contribution in [3.63, 3.8) is 0 Å². The van der Waals surface area contributed by atoms with Gasteiger partial charge in [-0.3, -0.25) is 0 Å². The molecule has 1 N–H and O–H groups in total. The smallest absolute Gasteiger partial charge is 0.0714 e. The van der Waals surface area contributed by atoms with Crippen LogP contribution in [0.5, 0.6) is 0 Å². The van der Waals surface area contributed by atoms with Gasteiger partial charge in [0.15, 0.2) is 0 Å². The van der Waals surface area contributed by atoms with Crippen LogP contribution in [0.15, 0.2) is 249 Å². The molecule has 2 heteroatoms. The van der Waals surface area contributed by atoms with Gasteiger partial charge in [0.2, 0.25) is 0 Å². The molecule has 0 fully saturated rings. The lowest BCUT2D eigenvalue weighted by Gasteiger charge is -2.34. The highest BCUT2D eigenvalue weighted by atomic mass is 15.0. The number of nitrogens with one attached hydrogen (secondary N) is 1. The van der Waals surface area contributed by atoms with E-state index in [1.807, 2.05) is 0 Å². The van der Waals surface area contributed by atoms with Crippen molar-refractivity contribution in [2.45, 2.75) is 5.41 Å². The molecule has 10 aromatic carbocycles. The number of para-hydroxylation sites is 2. The summed E-state index contributed by atoms with van der Waals surface area (Å²) in [4.78, 5) is 0. The molecule has 2 nitrogen and oxygen atoms in total. The number of rotatable bonds is 8. The van der Waals surface area contributed by atoms with Gasteiger partial charge in [-0.25, -0.2) is 0 Å². The van der Waals surface area contributed by atoms with E-state index in [1.165, 1.54) is 94.3 Å². The molecule has 0 bridgehead atoms. The Labute approximate surface area is 368 Å². The Morgan fingerprint density at radius 3 is 1.40 bits per heavy atom. The molecule has 0 aliphatic heterocycles. The molecule has 0 atom stereocenters. The van der Waals surface area contributed by atoms with Crippen LogP contribution >= 0.6 is 0 Å². The number of anilines is 2. The molecule has 0 saturated carbocycles.